The Labute approximate surface area is 133 Å². The SMILES string of the molecule is COc1ccc(SCC(=O)N/N=C/c2ccccc2O)cc1. The average molecular weight is 316 g/mol. The number of nitrogens with zero attached hydrogens (tertiary/aromatic N) is 1. The summed E-state index contributed by atoms with van der Waals surface area (Å²) in [6.45, 7) is 0. The number of benzene rings is 2. The molecule has 0 saturated carbocycles. The zero-order chi connectivity index (χ0) is 15.8. The van der Waals surface area contributed by atoms with Crippen molar-refractivity contribution in [3.8, 4) is 11.5 Å². The molecule has 0 radical (unpaired) electrons. The number of thioether (sulfide) groups is 1. The molecule has 6 heteroatoms. The molecule has 2 aromatic carbocycles. The molecule has 0 aromatic heterocycles. The first-order chi connectivity index (χ1) is 10.7. The quantitative estimate of drug-likeness (QED) is 0.488. The Morgan fingerprint density at radius 1 is 1.27 bits per heavy atom. The van der Waals surface area contributed by atoms with E-state index in [2.05, 4.69) is 10.5 Å². The zero-order valence-corrected chi connectivity index (χ0v) is 12.8. The second kappa shape index (κ2) is 8.09. The van der Waals surface area contributed by atoms with Crippen LogP contribution in [0, 0.1) is 0 Å². The van der Waals surface area contributed by atoms with Gasteiger partial charge < -0.3 is 9.84 Å². The molecule has 0 aliphatic heterocycles. The predicted molar refractivity (Wildman–Crippen MR) is 87.6 cm³/mol. The number of rotatable bonds is 6. The largest absolute Gasteiger partial charge is 0.507 e. The number of amides is 1. The Hall–Kier alpha value is -2.47. The van der Waals surface area contributed by atoms with Gasteiger partial charge in [-0.3, -0.25) is 4.79 Å². The van der Waals surface area contributed by atoms with E-state index in [4.69, 9.17) is 4.74 Å². The highest BCUT2D eigenvalue weighted by Gasteiger charge is 2.02. The highest BCUT2D eigenvalue weighted by molar-refractivity contribution is 8.00. The standard InChI is InChI=1S/C16H16N2O3S/c1-21-13-6-8-14(9-7-13)22-11-16(20)18-17-10-12-4-2-3-5-15(12)19/h2-10,19H,11H2,1H3,(H,18,20)/b17-10+. The van der Waals surface area contributed by atoms with E-state index in [1.54, 1.807) is 31.4 Å². The summed E-state index contributed by atoms with van der Waals surface area (Å²) in [4.78, 5) is 12.7. The molecule has 0 unspecified atom stereocenters. The molecule has 0 heterocycles. The first kappa shape index (κ1) is 15.9. The van der Waals surface area contributed by atoms with Crippen LogP contribution in [-0.4, -0.2) is 30.1 Å². The van der Waals surface area contributed by atoms with Gasteiger partial charge in [0.15, 0.2) is 0 Å². The van der Waals surface area contributed by atoms with Crippen molar-refractivity contribution in [2.75, 3.05) is 12.9 Å². The second-order valence-corrected chi connectivity index (χ2v) is 5.36. The lowest BCUT2D eigenvalue weighted by Gasteiger charge is -2.03. The summed E-state index contributed by atoms with van der Waals surface area (Å²) in [5, 5.41) is 13.4. The maximum Gasteiger partial charge on any atom is 0.250 e. The van der Waals surface area contributed by atoms with Crippen molar-refractivity contribution in [1.82, 2.24) is 5.43 Å². The van der Waals surface area contributed by atoms with Gasteiger partial charge in [-0.25, -0.2) is 5.43 Å². The van der Waals surface area contributed by atoms with Crippen molar-refractivity contribution in [2.45, 2.75) is 4.90 Å². The molecule has 2 rings (SSSR count). The van der Waals surface area contributed by atoms with E-state index in [1.807, 2.05) is 24.3 Å². The van der Waals surface area contributed by atoms with Crippen molar-refractivity contribution in [3.63, 3.8) is 0 Å². The molecule has 2 N–H and O–H groups in total. The minimum Gasteiger partial charge on any atom is -0.507 e. The number of hydrazone groups is 1. The number of phenols is 1. The van der Waals surface area contributed by atoms with Crippen LogP contribution in [0.2, 0.25) is 0 Å². The van der Waals surface area contributed by atoms with Gasteiger partial charge in [-0.05, 0) is 36.4 Å². The predicted octanol–water partition coefficient (Wildman–Crippen LogP) is 2.64. The van der Waals surface area contributed by atoms with Crippen LogP contribution in [-0.2, 0) is 4.79 Å². The molecule has 0 saturated heterocycles. The molecule has 2 aromatic rings. The maximum absolute atomic E-state index is 11.7. The lowest BCUT2D eigenvalue weighted by atomic mass is 10.2. The third-order valence-corrected chi connectivity index (χ3v) is 3.77. The van der Waals surface area contributed by atoms with Crippen molar-refractivity contribution < 1.29 is 14.6 Å². The van der Waals surface area contributed by atoms with Crippen molar-refractivity contribution in [2.24, 2.45) is 5.10 Å². The molecule has 0 spiro atoms. The number of nitrogens with one attached hydrogen (secondary N) is 1. The number of carbonyl (C=O) groups is 1. The van der Waals surface area contributed by atoms with Crippen LogP contribution >= 0.6 is 11.8 Å². The third-order valence-electron chi connectivity index (χ3n) is 2.76. The van der Waals surface area contributed by atoms with Crippen LogP contribution in [0.25, 0.3) is 0 Å². The van der Waals surface area contributed by atoms with Crippen LogP contribution < -0.4 is 10.2 Å². The van der Waals surface area contributed by atoms with E-state index in [0.29, 0.717) is 5.56 Å². The van der Waals surface area contributed by atoms with Gasteiger partial charge >= 0.3 is 0 Å². The number of methoxy groups -OCH3 is 1. The van der Waals surface area contributed by atoms with Crippen LogP contribution in [0.15, 0.2) is 58.5 Å². The normalized spacial score (nSPS) is 10.6. The summed E-state index contributed by atoms with van der Waals surface area (Å²) in [6.07, 6.45) is 1.41. The summed E-state index contributed by atoms with van der Waals surface area (Å²) in [7, 11) is 1.61. The Bertz CT molecular complexity index is 657. The molecule has 1 amide bonds. The number of hydrogen-bond acceptors (Lipinski definition) is 5. The molecule has 0 atom stereocenters. The number of aromatic hydroxyl groups is 1. The van der Waals surface area contributed by atoms with Gasteiger partial charge in [0.2, 0.25) is 5.91 Å². The molecule has 22 heavy (non-hydrogen) atoms. The van der Waals surface area contributed by atoms with Crippen molar-refractivity contribution >= 4 is 23.9 Å². The molecular weight excluding hydrogens is 300 g/mol. The van der Waals surface area contributed by atoms with E-state index >= 15 is 0 Å². The summed E-state index contributed by atoms with van der Waals surface area (Å²) in [6, 6.07) is 14.2. The Morgan fingerprint density at radius 2 is 2.00 bits per heavy atom. The number of carbonyl (C=O) groups excluding carboxylic acids is 1. The molecular formula is C16H16N2O3S. The Morgan fingerprint density at radius 3 is 2.68 bits per heavy atom. The molecule has 0 aliphatic carbocycles. The number of hydrogen-bond donors (Lipinski definition) is 2. The van der Waals surface area contributed by atoms with Gasteiger partial charge in [0.05, 0.1) is 19.1 Å². The minimum atomic E-state index is -0.215. The summed E-state index contributed by atoms with van der Waals surface area (Å²) in [5.74, 6) is 0.937. The van der Waals surface area contributed by atoms with E-state index in [9.17, 15) is 9.90 Å². The average Bonchev–Trinajstić information content (AvgIpc) is 2.55. The monoisotopic (exact) mass is 316 g/mol. The summed E-state index contributed by atoms with van der Waals surface area (Å²) in [5.41, 5.74) is 2.97. The van der Waals surface area contributed by atoms with E-state index in [-0.39, 0.29) is 17.4 Å². The van der Waals surface area contributed by atoms with Crippen LogP contribution in [0.3, 0.4) is 0 Å². The van der Waals surface area contributed by atoms with Gasteiger partial charge in [0.1, 0.15) is 11.5 Å². The maximum atomic E-state index is 11.7. The lowest BCUT2D eigenvalue weighted by Crippen LogP contribution is -2.19. The van der Waals surface area contributed by atoms with Gasteiger partial charge in [-0.15, -0.1) is 11.8 Å². The summed E-state index contributed by atoms with van der Waals surface area (Å²) < 4.78 is 5.07. The number of para-hydroxylation sites is 1. The van der Waals surface area contributed by atoms with Gasteiger partial charge in [0, 0.05) is 10.5 Å². The molecule has 5 nitrogen and oxygen atoms in total. The van der Waals surface area contributed by atoms with Gasteiger partial charge in [0.25, 0.3) is 0 Å². The topological polar surface area (TPSA) is 70.9 Å². The zero-order valence-electron chi connectivity index (χ0n) is 12.0. The van der Waals surface area contributed by atoms with E-state index < -0.39 is 0 Å². The molecule has 0 bridgehead atoms. The van der Waals surface area contributed by atoms with Crippen LogP contribution in [0.4, 0.5) is 0 Å². The molecule has 0 aliphatic rings. The van der Waals surface area contributed by atoms with Crippen LogP contribution in [0.5, 0.6) is 11.5 Å². The highest BCUT2D eigenvalue weighted by atomic mass is 32.2. The van der Waals surface area contributed by atoms with Crippen LogP contribution in [0.1, 0.15) is 5.56 Å². The Balaban J connectivity index is 1.79. The van der Waals surface area contributed by atoms with E-state index in [1.165, 1.54) is 18.0 Å². The van der Waals surface area contributed by atoms with Crippen molar-refractivity contribution in [3.05, 3.63) is 54.1 Å². The molecule has 0 fully saturated rings. The fraction of sp³-hybridized carbons (Fsp3) is 0.125. The highest BCUT2D eigenvalue weighted by Crippen LogP contribution is 2.20. The first-order valence-corrected chi connectivity index (χ1v) is 7.54. The molecule has 114 valence electrons. The van der Waals surface area contributed by atoms with Crippen molar-refractivity contribution in [1.29, 1.82) is 0 Å². The first-order valence-electron chi connectivity index (χ1n) is 6.56. The second-order valence-electron chi connectivity index (χ2n) is 4.32. The third kappa shape index (κ3) is 4.82. The minimum absolute atomic E-state index is 0.119. The fourth-order valence-electron chi connectivity index (χ4n) is 1.62. The fourth-order valence-corrected chi connectivity index (χ4v) is 2.31. The van der Waals surface area contributed by atoms with Gasteiger partial charge in [-0.2, -0.15) is 5.10 Å². The lowest BCUT2D eigenvalue weighted by molar-refractivity contribution is -0.118. The van der Waals surface area contributed by atoms with Gasteiger partial charge in [-0.1, -0.05) is 12.1 Å². The Kier molecular flexibility index (Phi) is 5.85. The summed E-state index contributed by atoms with van der Waals surface area (Å²) >= 11 is 1.41. The number of phenolic OH excluding ortho intramolecular Hbond substituents is 1. The number of ether oxygens (including phenoxy) is 1. The smallest absolute Gasteiger partial charge is 0.250 e. The van der Waals surface area contributed by atoms with E-state index in [0.717, 1.165) is 10.6 Å².